The molecule has 5 heteroatoms. The highest BCUT2D eigenvalue weighted by Crippen LogP contribution is 2.31. The minimum atomic E-state index is -0.502. The van der Waals surface area contributed by atoms with E-state index in [1.807, 2.05) is 30.3 Å². The lowest BCUT2D eigenvalue weighted by atomic mass is 9.80. The molecule has 0 unspecified atom stereocenters. The highest BCUT2D eigenvalue weighted by atomic mass is 16.5. The Morgan fingerprint density at radius 3 is 2.58 bits per heavy atom. The molecule has 1 aromatic heterocycles. The van der Waals surface area contributed by atoms with Crippen LogP contribution in [-0.2, 0) is 13.2 Å². The van der Waals surface area contributed by atoms with E-state index in [1.165, 1.54) is 0 Å². The van der Waals surface area contributed by atoms with Gasteiger partial charge in [-0.1, -0.05) is 6.07 Å². The zero-order valence-corrected chi connectivity index (χ0v) is 14.0. The van der Waals surface area contributed by atoms with Crippen LogP contribution in [0.4, 0.5) is 0 Å². The maximum absolute atomic E-state index is 10.1. The summed E-state index contributed by atoms with van der Waals surface area (Å²) in [6.07, 6.45) is 6.41. The molecular weight excluding hydrogens is 304 g/mol. The highest BCUT2D eigenvalue weighted by molar-refractivity contribution is 5.43. The predicted molar refractivity (Wildman–Crippen MR) is 92.1 cm³/mol. The number of aromatic nitrogens is 1. The molecule has 1 aliphatic carbocycles. The fourth-order valence-corrected chi connectivity index (χ4v) is 2.78. The molecule has 1 heterocycles. The fraction of sp³-hybridized carbons (Fsp3) is 0.421. The molecule has 0 saturated heterocycles. The second-order valence-corrected chi connectivity index (χ2v) is 6.31. The van der Waals surface area contributed by atoms with Gasteiger partial charge >= 0.3 is 0 Å². The van der Waals surface area contributed by atoms with Crippen molar-refractivity contribution >= 4 is 0 Å². The lowest BCUT2D eigenvalue weighted by molar-refractivity contribution is -0.0314. The zero-order valence-electron chi connectivity index (χ0n) is 14.0. The van der Waals surface area contributed by atoms with Crippen LogP contribution in [0.5, 0.6) is 11.5 Å². The van der Waals surface area contributed by atoms with Crippen molar-refractivity contribution in [2.24, 2.45) is 0 Å². The van der Waals surface area contributed by atoms with Crippen molar-refractivity contribution < 1.29 is 14.6 Å². The van der Waals surface area contributed by atoms with E-state index in [4.69, 9.17) is 9.47 Å². The lowest BCUT2D eigenvalue weighted by Gasteiger charge is -2.36. The van der Waals surface area contributed by atoms with Crippen LogP contribution in [0.2, 0.25) is 0 Å². The summed E-state index contributed by atoms with van der Waals surface area (Å²) in [4.78, 5) is 4.00. The summed E-state index contributed by atoms with van der Waals surface area (Å²) in [7, 11) is 1.64. The van der Waals surface area contributed by atoms with Crippen LogP contribution in [0.1, 0.15) is 30.4 Å². The number of methoxy groups -OCH3 is 1. The number of hydrogen-bond acceptors (Lipinski definition) is 5. The van der Waals surface area contributed by atoms with Crippen LogP contribution in [0.3, 0.4) is 0 Å². The van der Waals surface area contributed by atoms with Gasteiger partial charge in [-0.15, -0.1) is 0 Å². The van der Waals surface area contributed by atoms with Crippen LogP contribution < -0.4 is 14.8 Å². The van der Waals surface area contributed by atoms with Crippen molar-refractivity contribution in [1.82, 2.24) is 10.3 Å². The van der Waals surface area contributed by atoms with Gasteiger partial charge in [0.15, 0.2) is 11.5 Å². The number of rotatable bonds is 8. The third-order valence-corrected chi connectivity index (χ3v) is 4.44. The highest BCUT2D eigenvalue weighted by Gasteiger charge is 2.33. The van der Waals surface area contributed by atoms with Gasteiger partial charge < -0.3 is 19.9 Å². The van der Waals surface area contributed by atoms with E-state index in [2.05, 4.69) is 10.3 Å². The first kappa shape index (κ1) is 16.7. The number of pyridine rings is 1. The topological polar surface area (TPSA) is 63.6 Å². The van der Waals surface area contributed by atoms with Gasteiger partial charge in [0, 0.05) is 25.5 Å². The summed E-state index contributed by atoms with van der Waals surface area (Å²) in [6, 6.07) is 9.77. The van der Waals surface area contributed by atoms with Crippen LogP contribution in [-0.4, -0.2) is 29.3 Å². The first-order valence-corrected chi connectivity index (χ1v) is 8.30. The molecule has 1 aliphatic rings. The molecule has 0 amide bonds. The van der Waals surface area contributed by atoms with E-state index in [0.717, 1.165) is 36.1 Å². The van der Waals surface area contributed by atoms with Crippen molar-refractivity contribution in [2.45, 2.75) is 38.0 Å². The van der Waals surface area contributed by atoms with E-state index in [0.29, 0.717) is 25.4 Å². The van der Waals surface area contributed by atoms with E-state index in [9.17, 15) is 5.11 Å². The molecule has 128 valence electrons. The number of nitrogens with one attached hydrogen (secondary N) is 1. The molecule has 1 fully saturated rings. The number of benzene rings is 1. The summed E-state index contributed by atoms with van der Waals surface area (Å²) in [5, 5.41) is 13.4. The van der Waals surface area contributed by atoms with Gasteiger partial charge in [0.1, 0.15) is 6.61 Å². The summed E-state index contributed by atoms with van der Waals surface area (Å²) < 4.78 is 11.3. The Labute approximate surface area is 142 Å². The minimum absolute atomic E-state index is 0.476. The normalized spacial score (nSPS) is 15.6. The van der Waals surface area contributed by atoms with Gasteiger partial charge in [0.2, 0.25) is 0 Å². The Hall–Kier alpha value is -2.11. The Morgan fingerprint density at radius 1 is 1.12 bits per heavy atom. The molecular formula is C19H24N2O3. The van der Waals surface area contributed by atoms with Crippen LogP contribution in [0.25, 0.3) is 0 Å². The Kier molecular flexibility index (Phi) is 5.33. The molecule has 0 radical (unpaired) electrons. The molecule has 0 bridgehead atoms. The molecule has 2 N–H and O–H groups in total. The Bertz CT molecular complexity index is 657. The number of hydrogen-bond donors (Lipinski definition) is 2. The Morgan fingerprint density at radius 2 is 1.92 bits per heavy atom. The lowest BCUT2D eigenvalue weighted by Crippen LogP contribution is -2.45. The maximum atomic E-state index is 10.1. The van der Waals surface area contributed by atoms with Crippen LogP contribution in [0.15, 0.2) is 42.7 Å². The molecule has 0 aliphatic heterocycles. The summed E-state index contributed by atoms with van der Waals surface area (Å²) in [5.41, 5.74) is 1.66. The number of nitrogens with zero attached hydrogens (tertiary/aromatic N) is 1. The van der Waals surface area contributed by atoms with E-state index >= 15 is 0 Å². The Balaban J connectivity index is 1.56. The molecule has 24 heavy (non-hydrogen) atoms. The second-order valence-electron chi connectivity index (χ2n) is 6.31. The quantitative estimate of drug-likeness (QED) is 0.780. The molecule has 0 atom stereocenters. The summed E-state index contributed by atoms with van der Waals surface area (Å²) in [5.74, 6) is 1.43. The van der Waals surface area contributed by atoms with Crippen LogP contribution >= 0.6 is 0 Å². The average molecular weight is 328 g/mol. The zero-order chi connectivity index (χ0) is 16.8. The predicted octanol–water partition coefficient (Wildman–Crippen LogP) is 2.67. The van der Waals surface area contributed by atoms with Gasteiger partial charge in [-0.3, -0.25) is 4.98 Å². The summed E-state index contributed by atoms with van der Waals surface area (Å²) >= 11 is 0. The molecule has 2 aromatic rings. The van der Waals surface area contributed by atoms with Gasteiger partial charge in [-0.2, -0.15) is 0 Å². The van der Waals surface area contributed by atoms with Crippen molar-refractivity contribution in [2.75, 3.05) is 13.7 Å². The van der Waals surface area contributed by atoms with Gasteiger partial charge in [-0.05, 0) is 54.7 Å². The second kappa shape index (κ2) is 7.64. The standard InChI is InChI=1S/C19H24N2O3/c1-23-18-11-16(12-21-14-19(22)7-2-8-19)3-4-17(18)24-13-15-5-9-20-10-6-15/h3-6,9-11,21-22H,2,7-8,12-14H2,1H3. The van der Waals surface area contributed by atoms with Gasteiger partial charge in [0.05, 0.1) is 12.7 Å². The van der Waals surface area contributed by atoms with E-state index in [-0.39, 0.29) is 0 Å². The smallest absolute Gasteiger partial charge is 0.161 e. The van der Waals surface area contributed by atoms with Crippen molar-refractivity contribution in [3.05, 3.63) is 53.9 Å². The largest absolute Gasteiger partial charge is 0.493 e. The van der Waals surface area contributed by atoms with Crippen LogP contribution in [0, 0.1) is 0 Å². The molecule has 0 spiro atoms. The fourth-order valence-electron chi connectivity index (χ4n) is 2.78. The van der Waals surface area contributed by atoms with Crippen molar-refractivity contribution in [3.63, 3.8) is 0 Å². The molecule has 5 nitrogen and oxygen atoms in total. The van der Waals surface area contributed by atoms with Crippen molar-refractivity contribution in [3.8, 4) is 11.5 Å². The number of ether oxygens (including phenoxy) is 2. The van der Waals surface area contributed by atoms with E-state index in [1.54, 1.807) is 19.5 Å². The van der Waals surface area contributed by atoms with Gasteiger partial charge in [-0.25, -0.2) is 0 Å². The summed E-state index contributed by atoms with van der Waals surface area (Å²) in [6.45, 7) is 1.81. The first-order chi connectivity index (χ1) is 11.7. The van der Waals surface area contributed by atoms with Crippen molar-refractivity contribution in [1.29, 1.82) is 0 Å². The first-order valence-electron chi connectivity index (χ1n) is 8.30. The monoisotopic (exact) mass is 328 g/mol. The maximum Gasteiger partial charge on any atom is 0.161 e. The third-order valence-electron chi connectivity index (χ3n) is 4.44. The average Bonchev–Trinajstić information content (AvgIpc) is 2.60. The SMILES string of the molecule is COc1cc(CNCC2(O)CCC2)ccc1OCc1ccncc1. The minimum Gasteiger partial charge on any atom is -0.493 e. The third kappa shape index (κ3) is 4.24. The number of aliphatic hydroxyl groups is 1. The molecule has 1 aromatic carbocycles. The van der Waals surface area contributed by atoms with Gasteiger partial charge in [0.25, 0.3) is 0 Å². The molecule has 1 saturated carbocycles. The van der Waals surface area contributed by atoms with E-state index < -0.39 is 5.60 Å². The molecule has 3 rings (SSSR count).